The third-order valence-corrected chi connectivity index (χ3v) is 3.55. The second-order valence-corrected chi connectivity index (χ2v) is 6.75. The minimum atomic E-state index is -0.826. The lowest BCUT2D eigenvalue weighted by Gasteiger charge is -2.44. The molecule has 1 atom stereocenters. The van der Waals surface area contributed by atoms with Gasteiger partial charge in [-0.25, -0.2) is 4.79 Å². The molecule has 0 unspecified atom stereocenters. The summed E-state index contributed by atoms with van der Waals surface area (Å²) in [5, 5.41) is 2.56. The summed E-state index contributed by atoms with van der Waals surface area (Å²) in [5.41, 5.74) is -0.474. The second kappa shape index (κ2) is 7.15. The number of carbonyl (C=O) groups is 2. The van der Waals surface area contributed by atoms with E-state index in [0.717, 1.165) is 6.08 Å². The molecular formula is C18H23NO5. The Labute approximate surface area is 141 Å². The normalized spacial score (nSPS) is 22.1. The van der Waals surface area contributed by atoms with E-state index in [1.54, 1.807) is 38.1 Å². The van der Waals surface area contributed by atoms with E-state index in [-0.39, 0.29) is 5.91 Å². The summed E-state index contributed by atoms with van der Waals surface area (Å²) >= 11 is 0. The summed E-state index contributed by atoms with van der Waals surface area (Å²) in [5.74, 6) is -1.30. The first-order valence-electron chi connectivity index (χ1n) is 7.75. The molecule has 1 aliphatic rings. The van der Waals surface area contributed by atoms with Gasteiger partial charge in [0.1, 0.15) is 11.9 Å². The molecule has 1 amide bonds. The molecule has 6 heteroatoms. The number of nitrogens with one attached hydrogen (secondary N) is 1. The fourth-order valence-corrected chi connectivity index (χ4v) is 2.23. The molecule has 0 spiro atoms. The molecule has 2 rings (SSSR count). The van der Waals surface area contributed by atoms with E-state index in [1.807, 2.05) is 19.9 Å². The molecule has 0 aliphatic carbocycles. The molecule has 1 heterocycles. The molecule has 1 fully saturated rings. The molecule has 1 aromatic rings. The number of esters is 1. The van der Waals surface area contributed by atoms with E-state index >= 15 is 0 Å². The van der Waals surface area contributed by atoms with Crippen LogP contribution < -0.4 is 10.1 Å². The third kappa shape index (κ3) is 4.91. The van der Waals surface area contributed by atoms with E-state index in [1.165, 1.54) is 6.20 Å². The van der Waals surface area contributed by atoms with Crippen molar-refractivity contribution in [2.45, 2.75) is 39.6 Å². The number of benzene rings is 1. The summed E-state index contributed by atoms with van der Waals surface area (Å²) in [7, 11) is 0. The van der Waals surface area contributed by atoms with Crippen LogP contribution in [-0.4, -0.2) is 30.4 Å². The number of ether oxygens (including phenoxy) is 3. The molecule has 24 heavy (non-hydrogen) atoms. The summed E-state index contributed by atoms with van der Waals surface area (Å²) in [4.78, 5) is 24.0. The number of amides is 1. The lowest BCUT2D eigenvalue weighted by Crippen LogP contribution is -2.55. The van der Waals surface area contributed by atoms with Crippen LogP contribution in [0.4, 0.5) is 0 Å². The van der Waals surface area contributed by atoms with Gasteiger partial charge in [0.25, 0.3) is 5.91 Å². The molecule has 0 bridgehead atoms. The maximum Gasteiger partial charge on any atom is 0.337 e. The average Bonchev–Trinajstić information content (AvgIpc) is 2.51. The van der Waals surface area contributed by atoms with Gasteiger partial charge in [-0.2, -0.15) is 0 Å². The van der Waals surface area contributed by atoms with Crippen molar-refractivity contribution in [1.29, 1.82) is 0 Å². The highest BCUT2D eigenvalue weighted by atomic mass is 16.7. The van der Waals surface area contributed by atoms with Gasteiger partial charge in [-0.1, -0.05) is 32.0 Å². The van der Waals surface area contributed by atoms with Crippen molar-refractivity contribution in [3.8, 4) is 5.75 Å². The van der Waals surface area contributed by atoms with Gasteiger partial charge in [-0.3, -0.25) is 4.79 Å². The highest BCUT2D eigenvalue weighted by molar-refractivity contribution is 5.86. The predicted molar refractivity (Wildman–Crippen MR) is 88.0 cm³/mol. The second-order valence-electron chi connectivity index (χ2n) is 6.75. The lowest BCUT2D eigenvalue weighted by molar-refractivity contribution is -0.303. The topological polar surface area (TPSA) is 73.9 Å². The lowest BCUT2D eigenvalue weighted by atomic mass is 9.85. The quantitative estimate of drug-likeness (QED) is 0.520. The zero-order chi connectivity index (χ0) is 17.8. The van der Waals surface area contributed by atoms with Crippen LogP contribution in [0, 0.1) is 5.41 Å². The van der Waals surface area contributed by atoms with Crippen molar-refractivity contribution in [3.05, 3.63) is 42.6 Å². The van der Waals surface area contributed by atoms with E-state index < -0.39 is 23.3 Å². The number of carbonyl (C=O) groups excluding carboxylic acids is 2. The van der Waals surface area contributed by atoms with Gasteiger partial charge in [0.2, 0.25) is 0 Å². The molecule has 0 aromatic heterocycles. The fraction of sp³-hybridized carbons (Fsp3) is 0.444. The van der Waals surface area contributed by atoms with Gasteiger partial charge in [0.05, 0.1) is 6.61 Å². The largest absolute Gasteiger partial charge is 0.423 e. The zero-order valence-electron chi connectivity index (χ0n) is 14.4. The Hall–Kier alpha value is -2.18. The minimum absolute atomic E-state index is 0.333. The highest BCUT2D eigenvalue weighted by Gasteiger charge is 2.45. The molecule has 130 valence electrons. The molecule has 6 nitrogen and oxygen atoms in total. The van der Waals surface area contributed by atoms with Gasteiger partial charge < -0.3 is 19.5 Å². The van der Waals surface area contributed by atoms with Gasteiger partial charge >= 0.3 is 5.97 Å². The first-order chi connectivity index (χ1) is 11.2. The number of hydrogen-bond donors (Lipinski definition) is 1. The summed E-state index contributed by atoms with van der Waals surface area (Å²) in [6.07, 6.45) is 1.73. The van der Waals surface area contributed by atoms with Crippen molar-refractivity contribution in [3.63, 3.8) is 0 Å². The maximum atomic E-state index is 12.3. The Morgan fingerprint density at radius 1 is 1.21 bits per heavy atom. The van der Waals surface area contributed by atoms with E-state index in [0.29, 0.717) is 12.4 Å². The number of hydrogen-bond acceptors (Lipinski definition) is 5. The van der Waals surface area contributed by atoms with Crippen molar-refractivity contribution < 1.29 is 23.8 Å². The van der Waals surface area contributed by atoms with Crippen molar-refractivity contribution in [2.75, 3.05) is 6.61 Å². The summed E-state index contributed by atoms with van der Waals surface area (Å²) in [6.45, 7) is 7.70. The van der Waals surface area contributed by atoms with Crippen LogP contribution in [0.5, 0.6) is 5.75 Å². The first kappa shape index (κ1) is 18.2. The molecular weight excluding hydrogens is 310 g/mol. The third-order valence-electron chi connectivity index (χ3n) is 3.55. The predicted octanol–water partition coefficient (Wildman–Crippen LogP) is 2.40. The van der Waals surface area contributed by atoms with Gasteiger partial charge in [-0.15, -0.1) is 0 Å². The van der Waals surface area contributed by atoms with E-state index in [4.69, 9.17) is 14.2 Å². The molecule has 0 radical (unpaired) electrons. The molecule has 1 aliphatic heterocycles. The molecule has 1 N–H and O–H groups in total. The summed E-state index contributed by atoms with van der Waals surface area (Å²) in [6, 6.07) is 8.70. The molecule has 1 saturated heterocycles. The van der Waals surface area contributed by atoms with Crippen LogP contribution in [0.3, 0.4) is 0 Å². The maximum absolute atomic E-state index is 12.3. The Morgan fingerprint density at radius 2 is 1.88 bits per heavy atom. The molecule has 1 aromatic carbocycles. The van der Waals surface area contributed by atoms with Crippen molar-refractivity contribution in [1.82, 2.24) is 5.32 Å². The van der Waals surface area contributed by atoms with Crippen LogP contribution >= 0.6 is 0 Å². The van der Waals surface area contributed by atoms with Gasteiger partial charge in [0, 0.05) is 17.7 Å². The number of para-hydroxylation sites is 1. The number of rotatable bonds is 4. The van der Waals surface area contributed by atoms with Crippen molar-refractivity contribution in [2.24, 2.45) is 5.41 Å². The SMILES string of the molecule is CC1(C)OCC(C)(C)[C@@H](C(=O)N/C=C\C(=O)Oc2ccccc2)O1. The van der Waals surface area contributed by atoms with Crippen molar-refractivity contribution >= 4 is 11.9 Å². The minimum Gasteiger partial charge on any atom is -0.423 e. The van der Waals surface area contributed by atoms with E-state index in [2.05, 4.69) is 5.32 Å². The Morgan fingerprint density at radius 3 is 2.54 bits per heavy atom. The van der Waals surface area contributed by atoms with Gasteiger partial charge in [0.15, 0.2) is 5.79 Å². The highest BCUT2D eigenvalue weighted by Crippen LogP contribution is 2.34. The van der Waals surface area contributed by atoms with Crippen LogP contribution in [0.15, 0.2) is 42.6 Å². The van der Waals surface area contributed by atoms with E-state index in [9.17, 15) is 9.59 Å². The smallest absolute Gasteiger partial charge is 0.337 e. The first-order valence-corrected chi connectivity index (χ1v) is 7.75. The van der Waals surface area contributed by atoms with Crippen LogP contribution in [0.2, 0.25) is 0 Å². The Balaban J connectivity index is 1.90. The van der Waals surface area contributed by atoms with Crippen LogP contribution in [-0.2, 0) is 19.1 Å². The fourth-order valence-electron chi connectivity index (χ4n) is 2.23. The van der Waals surface area contributed by atoms with Gasteiger partial charge in [-0.05, 0) is 26.0 Å². The molecule has 0 saturated carbocycles. The monoisotopic (exact) mass is 333 g/mol. The Bertz CT molecular complexity index is 622. The zero-order valence-corrected chi connectivity index (χ0v) is 14.4. The van der Waals surface area contributed by atoms with Crippen LogP contribution in [0.1, 0.15) is 27.7 Å². The summed E-state index contributed by atoms with van der Waals surface area (Å²) < 4.78 is 16.4. The Kier molecular flexibility index (Phi) is 5.41. The van der Waals surface area contributed by atoms with Crippen LogP contribution in [0.25, 0.3) is 0 Å². The standard InChI is InChI=1S/C18H23NO5/c1-17(2)12-22-18(3,4)24-15(17)16(21)19-11-10-14(20)23-13-8-6-5-7-9-13/h5-11,15H,12H2,1-4H3,(H,19,21)/b11-10-/t15-/m1/s1. The average molecular weight is 333 g/mol.